The van der Waals surface area contributed by atoms with Crippen LogP contribution in [0, 0.1) is 34.5 Å². The van der Waals surface area contributed by atoms with Crippen LogP contribution in [0.25, 0.3) is 10.8 Å². The van der Waals surface area contributed by atoms with E-state index in [9.17, 15) is 20.1 Å². The molecular formula is C31H25N3O4. The summed E-state index contributed by atoms with van der Waals surface area (Å²) in [5.74, 6) is -2.09. The molecule has 3 aromatic carbocycles. The number of fused-ring (bicyclic) bond motifs is 6. The monoisotopic (exact) mass is 503 g/mol. The number of carbonyl (C=O) groups is 2. The molecule has 38 heavy (non-hydrogen) atoms. The van der Waals surface area contributed by atoms with Crippen LogP contribution < -0.4 is 4.90 Å². The van der Waals surface area contributed by atoms with Gasteiger partial charge in [-0.3, -0.25) is 9.59 Å². The number of carbonyl (C=O) groups excluding carboxylic acids is 2. The first kappa shape index (κ1) is 24.1. The number of amides is 2. The number of imide groups is 1. The summed E-state index contributed by atoms with van der Waals surface area (Å²) in [4.78, 5) is 29.4. The molecule has 7 heteroatoms. The third kappa shape index (κ3) is 3.55. The molecule has 7 nitrogen and oxygen atoms in total. The predicted molar refractivity (Wildman–Crippen MR) is 139 cm³/mol. The van der Waals surface area contributed by atoms with Gasteiger partial charge < -0.3 is 9.47 Å². The van der Waals surface area contributed by atoms with E-state index in [2.05, 4.69) is 12.1 Å². The van der Waals surface area contributed by atoms with Crippen molar-refractivity contribution in [3.05, 3.63) is 90.0 Å². The molecule has 3 unspecified atom stereocenters. The molecular weight excluding hydrogens is 478 g/mol. The maximum Gasteiger partial charge on any atom is 0.241 e. The minimum atomic E-state index is -1.01. The average Bonchev–Trinajstić information content (AvgIpc) is 3.56. The van der Waals surface area contributed by atoms with Gasteiger partial charge in [-0.1, -0.05) is 66.7 Å². The predicted octanol–water partition coefficient (Wildman–Crippen LogP) is 4.81. The molecule has 3 aliphatic heterocycles. The van der Waals surface area contributed by atoms with Gasteiger partial charge in [0.15, 0.2) is 0 Å². The third-order valence-corrected chi connectivity index (χ3v) is 8.03. The van der Waals surface area contributed by atoms with Crippen LogP contribution in [0.15, 0.2) is 78.9 Å². The summed E-state index contributed by atoms with van der Waals surface area (Å²) in [5.41, 5.74) is -0.00295. The fraction of sp³-hybridized carbons (Fsp3) is 0.290. The van der Waals surface area contributed by atoms with E-state index in [1.807, 2.05) is 66.7 Å². The number of nitriles is 2. The van der Waals surface area contributed by atoms with Crippen molar-refractivity contribution in [2.45, 2.75) is 37.1 Å². The van der Waals surface area contributed by atoms with Crippen molar-refractivity contribution >= 4 is 28.3 Å². The van der Waals surface area contributed by atoms with Gasteiger partial charge >= 0.3 is 0 Å². The fourth-order valence-corrected chi connectivity index (χ4v) is 6.33. The molecule has 3 aliphatic rings. The van der Waals surface area contributed by atoms with Crippen LogP contribution in [0.5, 0.6) is 0 Å². The van der Waals surface area contributed by atoms with Gasteiger partial charge in [-0.25, -0.2) is 4.90 Å². The minimum Gasteiger partial charge on any atom is -0.377 e. The molecule has 3 aromatic rings. The summed E-state index contributed by atoms with van der Waals surface area (Å²) in [5, 5.41) is 20.2. The topological polar surface area (TPSA) is 103 Å². The van der Waals surface area contributed by atoms with Gasteiger partial charge in [-0.15, -0.1) is 0 Å². The van der Waals surface area contributed by atoms with Crippen LogP contribution in [0.4, 0.5) is 5.69 Å². The Morgan fingerprint density at radius 3 is 2.18 bits per heavy atom. The number of benzene rings is 3. The molecule has 0 aromatic heterocycles. The van der Waals surface area contributed by atoms with Crippen LogP contribution >= 0.6 is 0 Å². The van der Waals surface area contributed by atoms with Gasteiger partial charge in [-0.2, -0.15) is 10.5 Å². The number of rotatable bonds is 8. The van der Waals surface area contributed by atoms with Gasteiger partial charge in [0, 0.05) is 23.6 Å². The second kappa shape index (κ2) is 9.22. The van der Waals surface area contributed by atoms with Crippen LogP contribution in [-0.4, -0.2) is 29.6 Å². The molecule has 0 N–H and O–H groups in total. The zero-order valence-corrected chi connectivity index (χ0v) is 20.7. The van der Waals surface area contributed by atoms with Crippen molar-refractivity contribution in [3.63, 3.8) is 0 Å². The molecule has 188 valence electrons. The number of anilines is 1. The number of ether oxygens (including phenoxy) is 2. The fourth-order valence-electron chi connectivity index (χ4n) is 6.33. The second-order valence-electron chi connectivity index (χ2n) is 10.0. The summed E-state index contributed by atoms with van der Waals surface area (Å²) in [6.45, 7) is 0.780. The molecule has 2 fully saturated rings. The van der Waals surface area contributed by atoms with Crippen molar-refractivity contribution < 1.29 is 19.1 Å². The zero-order valence-electron chi connectivity index (χ0n) is 20.7. The molecule has 2 bridgehead atoms. The van der Waals surface area contributed by atoms with Crippen molar-refractivity contribution in [3.8, 4) is 12.1 Å². The Labute approximate surface area is 220 Å². The highest BCUT2D eigenvalue weighted by Gasteiger charge is 2.73. The van der Waals surface area contributed by atoms with Crippen LogP contribution in [-0.2, 0) is 25.7 Å². The largest absolute Gasteiger partial charge is 0.377 e. The van der Waals surface area contributed by atoms with Crippen LogP contribution in [0.1, 0.15) is 30.4 Å². The molecule has 4 atom stereocenters. The smallest absolute Gasteiger partial charge is 0.241 e. The standard InChI is InChI=1S/C31H25N3O4/c32-17-6-13-30-14-15-31(38-30,16-18-37-20-21-7-2-1-3-8-21)27-26(30)28(35)34(29(27)36)25-12-11-22(19-33)23-9-4-5-10-24(23)25/h1-5,7-12,14-15,26-27H,6,13,16,18,20H2/t26?,27-,30?,31?/m0/s1. The Morgan fingerprint density at radius 1 is 0.842 bits per heavy atom. The van der Waals surface area contributed by atoms with E-state index in [0.29, 0.717) is 48.1 Å². The maximum absolute atomic E-state index is 14.1. The van der Waals surface area contributed by atoms with E-state index in [1.165, 1.54) is 4.90 Å². The second-order valence-corrected chi connectivity index (χ2v) is 10.0. The Morgan fingerprint density at radius 2 is 1.50 bits per heavy atom. The maximum atomic E-state index is 14.1. The van der Waals surface area contributed by atoms with Crippen LogP contribution in [0.3, 0.4) is 0 Å². The van der Waals surface area contributed by atoms with E-state index in [4.69, 9.17) is 9.47 Å². The highest BCUT2D eigenvalue weighted by atomic mass is 16.5. The highest BCUT2D eigenvalue weighted by Crippen LogP contribution is 2.60. The Hall–Kier alpha value is -4.30. The van der Waals surface area contributed by atoms with E-state index < -0.39 is 23.0 Å². The first-order chi connectivity index (χ1) is 18.5. The van der Waals surface area contributed by atoms with Crippen LogP contribution in [0.2, 0.25) is 0 Å². The molecule has 6 rings (SSSR count). The first-order valence-corrected chi connectivity index (χ1v) is 12.7. The molecule has 2 saturated heterocycles. The lowest BCUT2D eigenvalue weighted by Gasteiger charge is -2.30. The van der Waals surface area contributed by atoms with Gasteiger partial charge in [-0.05, 0) is 24.1 Å². The lowest BCUT2D eigenvalue weighted by atomic mass is 9.69. The third-order valence-electron chi connectivity index (χ3n) is 8.03. The van der Waals surface area contributed by atoms with E-state index in [-0.39, 0.29) is 18.2 Å². The molecule has 0 aliphatic carbocycles. The molecule has 3 heterocycles. The summed E-state index contributed by atoms with van der Waals surface area (Å²) >= 11 is 0. The quantitative estimate of drug-likeness (QED) is 0.248. The van der Waals surface area contributed by atoms with E-state index in [0.717, 1.165) is 5.56 Å². The van der Waals surface area contributed by atoms with Gasteiger partial charge in [0.1, 0.15) is 11.2 Å². The van der Waals surface area contributed by atoms with Crippen molar-refractivity contribution in [2.75, 3.05) is 11.5 Å². The summed E-state index contributed by atoms with van der Waals surface area (Å²) in [6.07, 6.45) is 4.73. The Kier molecular flexibility index (Phi) is 5.84. The summed E-state index contributed by atoms with van der Waals surface area (Å²) in [6, 6.07) is 24.8. The SMILES string of the molecule is N#CCCC12C=CC(CCOCc3ccccc3)(O1)[C@@H]1C(=O)N(c3ccc(C#N)c4ccccc34)C(=O)C12. The van der Waals surface area contributed by atoms with E-state index >= 15 is 0 Å². The molecule has 0 radical (unpaired) electrons. The number of nitrogens with zero attached hydrogens (tertiary/aromatic N) is 3. The highest BCUT2D eigenvalue weighted by molar-refractivity contribution is 6.26. The Bertz CT molecular complexity index is 1550. The molecule has 0 spiro atoms. The lowest BCUT2D eigenvalue weighted by Crippen LogP contribution is -2.42. The number of hydrogen-bond acceptors (Lipinski definition) is 6. The minimum absolute atomic E-state index is 0.204. The van der Waals surface area contributed by atoms with E-state index in [1.54, 1.807) is 12.1 Å². The van der Waals surface area contributed by atoms with Gasteiger partial charge in [0.05, 0.1) is 48.4 Å². The average molecular weight is 504 g/mol. The normalized spacial score (nSPS) is 27.1. The Balaban J connectivity index is 1.34. The molecule has 0 saturated carbocycles. The van der Waals surface area contributed by atoms with Gasteiger partial charge in [0.2, 0.25) is 11.8 Å². The van der Waals surface area contributed by atoms with Crippen molar-refractivity contribution in [1.82, 2.24) is 0 Å². The molecule has 2 amide bonds. The zero-order chi connectivity index (χ0) is 26.3. The van der Waals surface area contributed by atoms with Crippen molar-refractivity contribution in [2.24, 2.45) is 11.8 Å². The van der Waals surface area contributed by atoms with Gasteiger partial charge in [0.25, 0.3) is 0 Å². The summed E-state index contributed by atoms with van der Waals surface area (Å²) in [7, 11) is 0. The number of hydrogen-bond donors (Lipinski definition) is 0. The lowest BCUT2D eigenvalue weighted by molar-refractivity contribution is -0.131. The summed E-state index contributed by atoms with van der Waals surface area (Å²) < 4.78 is 12.5. The van der Waals surface area contributed by atoms with Crippen molar-refractivity contribution in [1.29, 1.82) is 10.5 Å². The first-order valence-electron chi connectivity index (χ1n) is 12.7.